The van der Waals surface area contributed by atoms with E-state index >= 15 is 0 Å². The molecule has 0 radical (unpaired) electrons. The van der Waals surface area contributed by atoms with Gasteiger partial charge in [-0.2, -0.15) is 0 Å². The molecule has 2 N–H and O–H groups in total. The number of nitrogens with two attached hydrogens (primary N) is 1. The molecule has 0 bridgehead atoms. The summed E-state index contributed by atoms with van der Waals surface area (Å²) < 4.78 is 6.12. The van der Waals surface area contributed by atoms with Gasteiger partial charge in [0.1, 0.15) is 5.75 Å². The first-order valence-electron chi connectivity index (χ1n) is 4.08. The Morgan fingerprint density at radius 3 is 2.85 bits per heavy atom. The van der Waals surface area contributed by atoms with Gasteiger partial charge in [-0.05, 0) is 29.4 Å². The summed E-state index contributed by atoms with van der Waals surface area (Å²) in [6.07, 6.45) is 2.53. The Morgan fingerprint density at radius 1 is 1.62 bits per heavy atom. The molecular weight excluding hydrogens is 232 g/mol. The van der Waals surface area contributed by atoms with E-state index in [0.717, 1.165) is 27.9 Å². The first-order chi connectivity index (χ1) is 6.20. The number of methoxy groups -OCH3 is 1. The summed E-state index contributed by atoms with van der Waals surface area (Å²) in [5.74, 6) is 0.846. The Bertz CT molecular complexity index is 302. The van der Waals surface area contributed by atoms with Crippen LogP contribution < -0.4 is 10.5 Å². The van der Waals surface area contributed by atoms with Crippen LogP contribution in [-0.4, -0.2) is 18.6 Å². The fraction of sp³-hybridized carbons (Fsp3) is 0.444. The second-order valence-corrected chi connectivity index (χ2v) is 3.60. The maximum atomic E-state index is 5.47. The van der Waals surface area contributed by atoms with E-state index in [4.69, 9.17) is 10.5 Å². The third-order valence-corrected chi connectivity index (χ3v) is 2.47. The summed E-state index contributed by atoms with van der Waals surface area (Å²) in [7, 11) is 1.65. The summed E-state index contributed by atoms with van der Waals surface area (Å²) in [5.41, 5.74) is 7.53. The zero-order valence-electron chi connectivity index (χ0n) is 7.80. The van der Waals surface area contributed by atoms with Crippen LogP contribution in [0.15, 0.2) is 10.7 Å². The topological polar surface area (TPSA) is 48.1 Å². The lowest BCUT2D eigenvalue weighted by Crippen LogP contribution is -2.07. The van der Waals surface area contributed by atoms with Gasteiger partial charge in [0.25, 0.3) is 0 Å². The normalized spacial score (nSPS) is 10.2. The molecular formula is C9H13BrN2O. The van der Waals surface area contributed by atoms with Gasteiger partial charge < -0.3 is 10.5 Å². The molecule has 4 heteroatoms. The number of halogens is 1. The molecule has 13 heavy (non-hydrogen) atoms. The fourth-order valence-corrected chi connectivity index (χ4v) is 1.80. The van der Waals surface area contributed by atoms with E-state index in [1.54, 1.807) is 13.3 Å². The lowest BCUT2D eigenvalue weighted by Gasteiger charge is -2.10. The largest absolute Gasteiger partial charge is 0.495 e. The predicted molar refractivity (Wildman–Crippen MR) is 56.0 cm³/mol. The highest BCUT2D eigenvalue weighted by molar-refractivity contribution is 9.10. The van der Waals surface area contributed by atoms with E-state index in [1.807, 2.05) is 6.92 Å². The van der Waals surface area contributed by atoms with Crippen molar-refractivity contribution < 1.29 is 4.74 Å². The van der Waals surface area contributed by atoms with E-state index in [-0.39, 0.29) is 0 Å². The van der Waals surface area contributed by atoms with Crippen molar-refractivity contribution in [3.05, 3.63) is 21.9 Å². The minimum atomic E-state index is 0.610. The van der Waals surface area contributed by atoms with E-state index in [9.17, 15) is 0 Å². The third-order valence-electron chi connectivity index (χ3n) is 1.91. The highest BCUT2D eigenvalue weighted by atomic mass is 79.9. The minimum Gasteiger partial charge on any atom is -0.495 e. The second kappa shape index (κ2) is 4.58. The molecule has 1 aromatic rings. The lowest BCUT2D eigenvalue weighted by atomic mass is 10.1. The molecule has 1 aromatic heterocycles. The number of pyridine rings is 1. The van der Waals surface area contributed by atoms with Crippen LogP contribution in [0.25, 0.3) is 0 Å². The summed E-state index contributed by atoms with van der Waals surface area (Å²) in [5, 5.41) is 0. The zero-order valence-corrected chi connectivity index (χ0v) is 9.39. The van der Waals surface area contributed by atoms with Crippen molar-refractivity contribution in [1.82, 2.24) is 4.98 Å². The standard InChI is InChI=1S/C9H13BrN2O/c1-6-8(3-4-11)12-5-7(10)9(6)13-2/h5H,3-4,11H2,1-2H3. The van der Waals surface area contributed by atoms with Crippen LogP contribution >= 0.6 is 15.9 Å². The van der Waals surface area contributed by atoms with Gasteiger partial charge in [-0.3, -0.25) is 4.98 Å². The Labute approximate surface area is 86.4 Å². The summed E-state index contributed by atoms with van der Waals surface area (Å²) >= 11 is 3.37. The van der Waals surface area contributed by atoms with E-state index in [1.165, 1.54) is 0 Å². The second-order valence-electron chi connectivity index (χ2n) is 2.75. The van der Waals surface area contributed by atoms with Crippen LogP contribution in [0.2, 0.25) is 0 Å². The average molecular weight is 245 g/mol. The molecule has 1 heterocycles. The molecule has 0 aromatic carbocycles. The van der Waals surface area contributed by atoms with E-state index < -0.39 is 0 Å². The maximum absolute atomic E-state index is 5.47. The first-order valence-corrected chi connectivity index (χ1v) is 4.88. The van der Waals surface area contributed by atoms with Gasteiger partial charge in [0, 0.05) is 23.9 Å². The van der Waals surface area contributed by atoms with Gasteiger partial charge >= 0.3 is 0 Å². The van der Waals surface area contributed by atoms with Gasteiger partial charge in [0.05, 0.1) is 11.6 Å². The van der Waals surface area contributed by atoms with Crippen molar-refractivity contribution in [2.24, 2.45) is 5.73 Å². The number of nitrogens with zero attached hydrogens (tertiary/aromatic N) is 1. The summed E-state index contributed by atoms with van der Waals surface area (Å²) in [6.45, 7) is 2.60. The van der Waals surface area contributed by atoms with Crippen molar-refractivity contribution in [2.45, 2.75) is 13.3 Å². The molecule has 0 fully saturated rings. The monoisotopic (exact) mass is 244 g/mol. The highest BCUT2D eigenvalue weighted by Crippen LogP contribution is 2.29. The van der Waals surface area contributed by atoms with E-state index in [2.05, 4.69) is 20.9 Å². The third kappa shape index (κ3) is 2.19. The zero-order chi connectivity index (χ0) is 9.84. The number of hydrogen-bond donors (Lipinski definition) is 1. The van der Waals surface area contributed by atoms with Crippen molar-refractivity contribution in [2.75, 3.05) is 13.7 Å². The number of rotatable bonds is 3. The molecule has 1 rings (SSSR count). The highest BCUT2D eigenvalue weighted by Gasteiger charge is 2.08. The van der Waals surface area contributed by atoms with E-state index in [0.29, 0.717) is 6.54 Å². The number of ether oxygens (including phenoxy) is 1. The molecule has 3 nitrogen and oxygen atoms in total. The number of aromatic nitrogens is 1. The lowest BCUT2D eigenvalue weighted by molar-refractivity contribution is 0.407. The van der Waals surface area contributed by atoms with Gasteiger partial charge in [0.15, 0.2) is 0 Å². The van der Waals surface area contributed by atoms with Crippen LogP contribution in [-0.2, 0) is 6.42 Å². The fourth-order valence-electron chi connectivity index (χ4n) is 1.24. The van der Waals surface area contributed by atoms with Gasteiger partial charge in [-0.25, -0.2) is 0 Å². The molecule has 0 spiro atoms. The van der Waals surface area contributed by atoms with Crippen molar-refractivity contribution in [3.8, 4) is 5.75 Å². The van der Waals surface area contributed by atoms with Gasteiger partial charge in [-0.1, -0.05) is 0 Å². The number of hydrogen-bond acceptors (Lipinski definition) is 3. The first kappa shape index (κ1) is 10.5. The van der Waals surface area contributed by atoms with Crippen LogP contribution in [0.3, 0.4) is 0 Å². The SMILES string of the molecule is COc1c(Br)cnc(CCN)c1C. The Balaban J connectivity index is 3.11. The molecule has 0 unspecified atom stereocenters. The molecule has 0 aliphatic carbocycles. The van der Waals surface area contributed by atoms with Crippen LogP contribution in [0.1, 0.15) is 11.3 Å². The Hall–Kier alpha value is -0.610. The molecule has 0 amide bonds. The van der Waals surface area contributed by atoms with Crippen LogP contribution in [0.4, 0.5) is 0 Å². The van der Waals surface area contributed by atoms with Crippen molar-refractivity contribution in [3.63, 3.8) is 0 Å². The smallest absolute Gasteiger partial charge is 0.139 e. The average Bonchev–Trinajstić information content (AvgIpc) is 2.11. The van der Waals surface area contributed by atoms with Gasteiger partial charge in [0.2, 0.25) is 0 Å². The molecule has 0 atom stereocenters. The van der Waals surface area contributed by atoms with Gasteiger partial charge in [-0.15, -0.1) is 0 Å². The maximum Gasteiger partial charge on any atom is 0.139 e. The molecule has 0 saturated heterocycles. The Morgan fingerprint density at radius 2 is 2.31 bits per heavy atom. The molecule has 72 valence electrons. The summed E-state index contributed by atoms with van der Waals surface area (Å²) in [6, 6.07) is 0. The Kier molecular flexibility index (Phi) is 3.69. The minimum absolute atomic E-state index is 0.610. The predicted octanol–water partition coefficient (Wildman–Crippen LogP) is 1.66. The van der Waals surface area contributed by atoms with Crippen molar-refractivity contribution in [1.29, 1.82) is 0 Å². The van der Waals surface area contributed by atoms with Crippen LogP contribution in [0.5, 0.6) is 5.75 Å². The molecule has 0 aliphatic heterocycles. The quantitative estimate of drug-likeness (QED) is 0.880. The summed E-state index contributed by atoms with van der Waals surface area (Å²) in [4.78, 5) is 4.27. The molecule has 0 aliphatic rings. The van der Waals surface area contributed by atoms with Crippen LogP contribution in [0, 0.1) is 6.92 Å². The molecule has 0 saturated carbocycles. The van der Waals surface area contributed by atoms with Crippen molar-refractivity contribution >= 4 is 15.9 Å².